The number of hydrogen-bond donors (Lipinski definition) is 1. The average molecular weight is 482 g/mol. The molecule has 1 aliphatic rings. The van der Waals surface area contributed by atoms with Gasteiger partial charge in [0, 0.05) is 0 Å². The van der Waals surface area contributed by atoms with Crippen LogP contribution in [0.5, 0.6) is 5.75 Å². The predicted octanol–water partition coefficient (Wildman–Crippen LogP) is 3.32. The summed E-state index contributed by atoms with van der Waals surface area (Å²) in [5, 5.41) is 21.9. The van der Waals surface area contributed by atoms with Gasteiger partial charge in [-0.05, 0) is 61.5 Å². The molecule has 0 unspecified atom stereocenters. The van der Waals surface area contributed by atoms with Crippen LogP contribution in [0.3, 0.4) is 0 Å². The Balaban J connectivity index is 1.63. The van der Waals surface area contributed by atoms with Gasteiger partial charge in [0.25, 0.3) is 11.6 Å². The van der Waals surface area contributed by atoms with Crippen LogP contribution in [0.1, 0.15) is 12.7 Å². The van der Waals surface area contributed by atoms with Gasteiger partial charge < -0.3 is 9.15 Å². The van der Waals surface area contributed by atoms with E-state index in [1.165, 1.54) is 49.6 Å². The van der Waals surface area contributed by atoms with Gasteiger partial charge in [-0.15, -0.1) is 0 Å². The fourth-order valence-corrected chi connectivity index (χ4v) is 3.87. The molecule has 0 fully saturated rings. The number of amides is 1. The third kappa shape index (κ3) is 4.31. The highest BCUT2D eigenvalue weighted by atomic mass is 32.2. The maximum atomic E-state index is 12.9. The summed E-state index contributed by atoms with van der Waals surface area (Å²) < 4.78 is 33.7. The third-order valence-electron chi connectivity index (χ3n) is 5.05. The van der Waals surface area contributed by atoms with Gasteiger partial charge in [-0.25, -0.2) is 13.6 Å². The number of nitro benzene ring substituents is 1. The van der Waals surface area contributed by atoms with E-state index in [1.54, 1.807) is 25.1 Å². The summed E-state index contributed by atoms with van der Waals surface area (Å²) >= 11 is 0. The molecule has 2 heterocycles. The zero-order valence-corrected chi connectivity index (χ0v) is 18.8. The van der Waals surface area contributed by atoms with E-state index in [0.29, 0.717) is 22.9 Å². The number of anilines is 1. The number of nitrogens with two attached hydrogens (primary N) is 1. The lowest BCUT2D eigenvalue weighted by molar-refractivity contribution is -0.384. The van der Waals surface area contributed by atoms with Gasteiger partial charge in [-0.3, -0.25) is 14.9 Å². The number of ether oxygens (including phenoxy) is 1. The second kappa shape index (κ2) is 8.57. The summed E-state index contributed by atoms with van der Waals surface area (Å²) in [5.41, 5.74) is 1.09. The van der Waals surface area contributed by atoms with Crippen molar-refractivity contribution < 1.29 is 27.3 Å². The molecule has 0 saturated heterocycles. The zero-order chi connectivity index (χ0) is 24.6. The Labute approximate surface area is 193 Å². The number of furan rings is 1. The lowest BCUT2D eigenvalue weighted by Gasteiger charge is -2.11. The summed E-state index contributed by atoms with van der Waals surface area (Å²) in [6.07, 6.45) is 1.48. The van der Waals surface area contributed by atoms with Crippen LogP contribution in [0.15, 0.2) is 74.6 Å². The van der Waals surface area contributed by atoms with E-state index in [4.69, 9.17) is 14.3 Å². The molecule has 3 aromatic rings. The third-order valence-corrected chi connectivity index (χ3v) is 5.98. The maximum absolute atomic E-state index is 12.9. The van der Waals surface area contributed by atoms with E-state index in [1.807, 2.05) is 0 Å². The monoisotopic (exact) mass is 482 g/mol. The summed E-state index contributed by atoms with van der Waals surface area (Å²) in [5.74, 6) is 0.431. The molecule has 1 aliphatic heterocycles. The van der Waals surface area contributed by atoms with Crippen molar-refractivity contribution in [1.82, 2.24) is 0 Å². The molecule has 2 aromatic carbocycles. The van der Waals surface area contributed by atoms with Crippen LogP contribution in [0.25, 0.3) is 17.4 Å². The Bertz CT molecular complexity index is 1470. The molecule has 0 aliphatic carbocycles. The second-order valence-electron chi connectivity index (χ2n) is 7.24. The molecule has 0 saturated carbocycles. The van der Waals surface area contributed by atoms with Gasteiger partial charge in [0.15, 0.2) is 0 Å². The number of hydrazone groups is 1. The first kappa shape index (κ1) is 22.9. The minimum Gasteiger partial charge on any atom is -0.497 e. The van der Waals surface area contributed by atoms with Crippen molar-refractivity contribution in [3.8, 4) is 17.1 Å². The molecule has 11 nitrogen and oxygen atoms in total. The highest BCUT2D eigenvalue weighted by Gasteiger charge is 2.29. The number of methoxy groups -OCH3 is 1. The smallest absolute Gasteiger partial charge is 0.284 e. The Hall–Kier alpha value is -4.29. The Morgan fingerprint density at radius 3 is 2.47 bits per heavy atom. The molecular weight excluding hydrogens is 464 g/mol. The zero-order valence-electron chi connectivity index (χ0n) is 18.0. The summed E-state index contributed by atoms with van der Waals surface area (Å²) in [6, 6.07) is 13.0. The van der Waals surface area contributed by atoms with Crippen molar-refractivity contribution in [1.29, 1.82) is 0 Å². The molecule has 1 aromatic heterocycles. The van der Waals surface area contributed by atoms with Gasteiger partial charge in [-0.2, -0.15) is 10.1 Å². The highest BCUT2D eigenvalue weighted by Crippen LogP contribution is 2.35. The van der Waals surface area contributed by atoms with Gasteiger partial charge >= 0.3 is 0 Å². The lowest BCUT2D eigenvalue weighted by Crippen LogP contribution is -2.21. The van der Waals surface area contributed by atoms with E-state index in [0.717, 1.165) is 5.01 Å². The molecule has 34 heavy (non-hydrogen) atoms. The van der Waals surface area contributed by atoms with E-state index in [2.05, 4.69) is 5.10 Å². The number of hydrogen-bond acceptors (Lipinski definition) is 8. The van der Waals surface area contributed by atoms with Crippen LogP contribution in [-0.4, -0.2) is 32.1 Å². The molecule has 0 bridgehead atoms. The first-order valence-corrected chi connectivity index (χ1v) is 11.3. The van der Waals surface area contributed by atoms with Crippen molar-refractivity contribution >= 4 is 39.1 Å². The minimum atomic E-state index is -3.86. The predicted molar refractivity (Wildman–Crippen MR) is 124 cm³/mol. The van der Waals surface area contributed by atoms with E-state index in [9.17, 15) is 23.3 Å². The van der Waals surface area contributed by atoms with Gasteiger partial charge in [-0.1, -0.05) is 0 Å². The number of sulfonamides is 1. The second-order valence-corrected chi connectivity index (χ2v) is 8.80. The Morgan fingerprint density at radius 2 is 1.85 bits per heavy atom. The number of carbonyl (C=O) groups excluding carboxylic acids is 1. The van der Waals surface area contributed by atoms with Crippen molar-refractivity contribution in [2.75, 3.05) is 12.1 Å². The van der Waals surface area contributed by atoms with Crippen molar-refractivity contribution in [3.05, 3.63) is 76.0 Å². The quantitative estimate of drug-likeness (QED) is 0.320. The molecule has 2 N–H and O–H groups in total. The molecule has 4 rings (SSSR count). The molecule has 12 heteroatoms. The number of rotatable bonds is 6. The summed E-state index contributed by atoms with van der Waals surface area (Å²) in [4.78, 5) is 23.8. The SMILES string of the molecule is COc1ccc(-c2ccc(/C=C3\C(=O)N(c4ccc(S(N)(=O)=O)cc4)N=C3C)o2)c([N+](=O)[O-])c1. The number of nitrogens with zero attached hydrogens (tertiary/aromatic N) is 3. The lowest BCUT2D eigenvalue weighted by atomic mass is 10.1. The van der Waals surface area contributed by atoms with Crippen molar-refractivity contribution in [2.45, 2.75) is 11.8 Å². The maximum Gasteiger partial charge on any atom is 0.284 e. The minimum absolute atomic E-state index is 0.0879. The standard InChI is InChI=1S/C22H18N4O7S/c1-13-19(22(27)25(24-13)14-3-7-17(8-4-14)34(23,30)31)11-16-6-10-21(33-16)18-9-5-15(32-2)12-20(18)26(28)29/h3-12H,1-2H3,(H2,23,30,31)/b19-11-. The first-order valence-electron chi connectivity index (χ1n) is 9.75. The fourth-order valence-electron chi connectivity index (χ4n) is 3.35. The van der Waals surface area contributed by atoms with Gasteiger partial charge in [0.1, 0.15) is 17.3 Å². The summed E-state index contributed by atoms with van der Waals surface area (Å²) in [6.45, 7) is 1.64. The number of carbonyl (C=O) groups is 1. The normalized spacial score (nSPS) is 15.0. The van der Waals surface area contributed by atoms with E-state index in [-0.39, 0.29) is 27.5 Å². The molecule has 174 valence electrons. The number of primary sulfonamides is 1. The van der Waals surface area contributed by atoms with E-state index < -0.39 is 20.9 Å². The average Bonchev–Trinajstić information content (AvgIpc) is 3.38. The van der Waals surface area contributed by atoms with Crippen LogP contribution >= 0.6 is 0 Å². The van der Waals surface area contributed by atoms with Gasteiger partial charge in [0.05, 0.1) is 45.5 Å². The molecular formula is C22H18N4O7S. The largest absolute Gasteiger partial charge is 0.497 e. The van der Waals surface area contributed by atoms with Gasteiger partial charge in [0.2, 0.25) is 10.0 Å². The van der Waals surface area contributed by atoms with Crippen LogP contribution in [0.2, 0.25) is 0 Å². The Morgan fingerprint density at radius 1 is 1.15 bits per heavy atom. The molecule has 0 spiro atoms. The van der Waals surface area contributed by atoms with Crippen LogP contribution in [0.4, 0.5) is 11.4 Å². The first-order chi connectivity index (χ1) is 16.1. The number of nitro groups is 1. The fraction of sp³-hybridized carbons (Fsp3) is 0.0909. The van der Waals surface area contributed by atoms with Crippen molar-refractivity contribution in [2.24, 2.45) is 10.2 Å². The topological polar surface area (TPSA) is 158 Å². The van der Waals surface area contributed by atoms with Crippen LogP contribution < -0.4 is 14.9 Å². The highest BCUT2D eigenvalue weighted by molar-refractivity contribution is 7.89. The molecule has 1 amide bonds. The Kier molecular flexibility index (Phi) is 5.77. The van der Waals surface area contributed by atoms with Crippen LogP contribution in [0, 0.1) is 10.1 Å². The summed E-state index contributed by atoms with van der Waals surface area (Å²) in [7, 11) is -2.45. The molecule has 0 radical (unpaired) electrons. The van der Waals surface area contributed by atoms with Crippen LogP contribution in [-0.2, 0) is 14.8 Å². The van der Waals surface area contributed by atoms with Crippen molar-refractivity contribution in [3.63, 3.8) is 0 Å². The van der Waals surface area contributed by atoms with E-state index >= 15 is 0 Å². The molecule has 0 atom stereocenters. The number of benzene rings is 2.